The summed E-state index contributed by atoms with van der Waals surface area (Å²) in [6.07, 6.45) is 0. The maximum absolute atomic E-state index is 10.7. The number of hydrogen-bond acceptors (Lipinski definition) is 5. The first kappa shape index (κ1) is 10.4. The third-order valence-corrected chi connectivity index (χ3v) is 3.50. The number of hydroxylamine groups is 1. The molecule has 0 saturated carbocycles. The van der Waals surface area contributed by atoms with Crippen molar-refractivity contribution in [3.05, 3.63) is 12.1 Å². The monoisotopic (exact) mass is 219 g/mol. The van der Waals surface area contributed by atoms with Crippen molar-refractivity contribution in [3.63, 3.8) is 0 Å². The lowest BCUT2D eigenvalue weighted by molar-refractivity contribution is -0.126. The molecule has 0 atom stereocenters. The number of thioether (sulfide) groups is 1. The predicted molar refractivity (Wildman–Crippen MR) is 51.5 cm³/mol. The van der Waals surface area contributed by atoms with Gasteiger partial charge in [0.15, 0.2) is 5.06 Å². The highest BCUT2D eigenvalue weighted by molar-refractivity contribution is 8.01. The molecule has 1 aromatic heterocycles. The zero-order valence-corrected chi connectivity index (χ0v) is 8.58. The Labute approximate surface area is 83.9 Å². The van der Waals surface area contributed by atoms with Gasteiger partial charge in [0.25, 0.3) is 5.91 Å². The van der Waals surface area contributed by atoms with Crippen LogP contribution in [0.2, 0.25) is 0 Å². The fourth-order valence-electron chi connectivity index (χ4n) is 0.660. The lowest BCUT2D eigenvalue weighted by Gasteiger charge is -1.95. The molecule has 4 nitrogen and oxygen atoms in total. The highest BCUT2D eigenvalue weighted by atomic mass is 32.2. The van der Waals surface area contributed by atoms with E-state index in [-0.39, 0.29) is 5.75 Å². The Morgan fingerprint density at radius 2 is 2.54 bits per heavy atom. The molecule has 0 radical (unpaired) electrons. The van der Waals surface area contributed by atoms with Crippen LogP contribution in [0.4, 0.5) is 0 Å². The van der Waals surface area contributed by atoms with Gasteiger partial charge >= 0.3 is 0 Å². The Bertz CT molecular complexity index is 287. The van der Waals surface area contributed by atoms with Crippen LogP contribution in [0.1, 0.15) is 0 Å². The molecule has 2 N–H and O–H groups in total. The van der Waals surface area contributed by atoms with Crippen molar-refractivity contribution in [1.29, 1.82) is 0 Å². The van der Waals surface area contributed by atoms with Crippen molar-refractivity contribution >= 4 is 29.0 Å². The average Bonchev–Trinajstić information content (AvgIpc) is 2.61. The molecule has 0 aliphatic heterocycles. The van der Waals surface area contributed by atoms with Crippen molar-refractivity contribution in [3.8, 4) is 5.06 Å². The van der Waals surface area contributed by atoms with E-state index in [1.54, 1.807) is 12.6 Å². The fourth-order valence-corrected chi connectivity index (χ4v) is 2.37. The van der Waals surface area contributed by atoms with Crippen molar-refractivity contribution in [2.75, 3.05) is 12.9 Å². The molecule has 1 aromatic rings. The van der Waals surface area contributed by atoms with Crippen LogP contribution < -0.4 is 10.2 Å². The number of carbonyl (C=O) groups excluding carboxylic acids is 1. The number of ether oxygens (including phenoxy) is 1. The second-order valence-electron chi connectivity index (χ2n) is 2.10. The van der Waals surface area contributed by atoms with Crippen LogP contribution in [-0.4, -0.2) is 24.0 Å². The van der Waals surface area contributed by atoms with Gasteiger partial charge in [-0.3, -0.25) is 10.0 Å². The Kier molecular flexibility index (Phi) is 4.07. The summed E-state index contributed by atoms with van der Waals surface area (Å²) in [5.41, 5.74) is 1.57. The Hall–Kier alpha value is -0.720. The molecule has 0 bridgehead atoms. The van der Waals surface area contributed by atoms with E-state index < -0.39 is 5.91 Å². The normalized spacial score (nSPS) is 9.69. The van der Waals surface area contributed by atoms with Gasteiger partial charge in [0.05, 0.1) is 17.1 Å². The lowest BCUT2D eigenvalue weighted by atomic mass is 10.6. The van der Waals surface area contributed by atoms with Crippen LogP contribution in [-0.2, 0) is 4.79 Å². The number of hydrogen-bond donors (Lipinski definition) is 2. The zero-order chi connectivity index (χ0) is 9.68. The molecule has 0 spiro atoms. The minimum Gasteiger partial charge on any atom is -0.487 e. The number of thiophene rings is 1. The number of nitrogens with one attached hydrogen (secondary N) is 1. The van der Waals surface area contributed by atoms with Gasteiger partial charge in [-0.1, -0.05) is 11.3 Å². The van der Waals surface area contributed by atoms with Crippen LogP contribution in [0.25, 0.3) is 0 Å². The van der Waals surface area contributed by atoms with Gasteiger partial charge in [-0.2, -0.15) is 0 Å². The molecular formula is C7H9NO3S2. The average molecular weight is 219 g/mol. The van der Waals surface area contributed by atoms with Gasteiger partial charge in [-0.25, -0.2) is 5.48 Å². The number of carbonyl (C=O) groups is 1. The van der Waals surface area contributed by atoms with Crippen LogP contribution in [0.5, 0.6) is 5.06 Å². The van der Waals surface area contributed by atoms with Crippen LogP contribution in [0.3, 0.4) is 0 Å². The predicted octanol–water partition coefficient (Wildman–Crippen LogP) is 1.35. The Morgan fingerprint density at radius 1 is 1.77 bits per heavy atom. The standard InChI is InChI=1S/C7H9NO3S2/c1-11-6-2-3-7(13-6)12-4-5(9)8-10/h2-3,10H,4H2,1H3,(H,8,9). The quantitative estimate of drug-likeness (QED) is 0.456. The van der Waals surface area contributed by atoms with E-state index in [1.807, 2.05) is 12.1 Å². The molecule has 0 fully saturated rings. The smallest absolute Gasteiger partial charge is 0.253 e. The molecule has 0 aliphatic carbocycles. The Morgan fingerprint density at radius 3 is 3.08 bits per heavy atom. The summed E-state index contributed by atoms with van der Waals surface area (Å²) in [5, 5.41) is 9.04. The summed E-state index contributed by atoms with van der Waals surface area (Å²) in [4.78, 5) is 10.7. The maximum Gasteiger partial charge on any atom is 0.253 e. The number of rotatable bonds is 4. The SMILES string of the molecule is COc1ccc(SCC(=O)NO)s1. The number of methoxy groups -OCH3 is 1. The first-order valence-corrected chi connectivity index (χ1v) is 5.26. The molecule has 6 heteroatoms. The van der Waals surface area contributed by atoms with Gasteiger partial charge in [-0.05, 0) is 12.1 Å². The highest BCUT2D eigenvalue weighted by Crippen LogP contribution is 2.31. The van der Waals surface area contributed by atoms with Crippen molar-refractivity contribution in [2.45, 2.75) is 4.21 Å². The van der Waals surface area contributed by atoms with Crippen LogP contribution >= 0.6 is 23.1 Å². The van der Waals surface area contributed by atoms with E-state index in [4.69, 9.17) is 9.94 Å². The molecule has 1 rings (SSSR count). The largest absolute Gasteiger partial charge is 0.487 e. The van der Waals surface area contributed by atoms with E-state index in [9.17, 15) is 4.79 Å². The van der Waals surface area contributed by atoms with E-state index in [1.165, 1.54) is 23.1 Å². The van der Waals surface area contributed by atoms with Crippen LogP contribution in [0.15, 0.2) is 16.3 Å². The van der Waals surface area contributed by atoms with E-state index >= 15 is 0 Å². The van der Waals surface area contributed by atoms with Gasteiger partial charge in [-0.15, -0.1) is 11.8 Å². The molecule has 1 amide bonds. The van der Waals surface area contributed by atoms with Gasteiger partial charge in [0, 0.05) is 0 Å². The summed E-state index contributed by atoms with van der Waals surface area (Å²) in [6.45, 7) is 0. The van der Waals surface area contributed by atoms with Gasteiger partial charge < -0.3 is 4.74 Å². The zero-order valence-electron chi connectivity index (χ0n) is 6.94. The molecule has 1 heterocycles. The molecular weight excluding hydrogens is 210 g/mol. The molecule has 0 unspecified atom stereocenters. The van der Waals surface area contributed by atoms with E-state index in [0.29, 0.717) is 0 Å². The second-order valence-corrected chi connectivity index (χ2v) is 4.42. The van der Waals surface area contributed by atoms with Crippen molar-refractivity contribution < 1.29 is 14.7 Å². The minimum atomic E-state index is -0.405. The lowest BCUT2D eigenvalue weighted by Crippen LogP contribution is -2.20. The first-order valence-electron chi connectivity index (χ1n) is 3.46. The van der Waals surface area contributed by atoms with Gasteiger partial charge in [0.1, 0.15) is 0 Å². The Balaban J connectivity index is 2.41. The first-order chi connectivity index (χ1) is 6.26. The summed E-state index contributed by atoms with van der Waals surface area (Å²) in [5.74, 6) is -0.197. The fraction of sp³-hybridized carbons (Fsp3) is 0.286. The van der Waals surface area contributed by atoms with E-state index in [0.717, 1.165) is 9.27 Å². The second kappa shape index (κ2) is 5.11. The molecule has 0 saturated heterocycles. The third kappa shape index (κ3) is 3.25. The molecule has 0 aliphatic rings. The van der Waals surface area contributed by atoms with Crippen molar-refractivity contribution in [2.24, 2.45) is 0 Å². The van der Waals surface area contributed by atoms with E-state index in [2.05, 4.69) is 0 Å². The summed E-state index contributed by atoms with van der Waals surface area (Å²) >= 11 is 2.82. The minimum absolute atomic E-state index is 0.208. The maximum atomic E-state index is 10.7. The summed E-state index contributed by atoms with van der Waals surface area (Å²) < 4.78 is 5.97. The summed E-state index contributed by atoms with van der Waals surface area (Å²) in [7, 11) is 1.60. The molecule has 13 heavy (non-hydrogen) atoms. The molecule has 0 aromatic carbocycles. The number of amides is 1. The summed E-state index contributed by atoms with van der Waals surface area (Å²) in [6, 6.07) is 3.71. The molecule has 72 valence electrons. The highest BCUT2D eigenvalue weighted by Gasteiger charge is 2.03. The topological polar surface area (TPSA) is 58.6 Å². The van der Waals surface area contributed by atoms with Crippen molar-refractivity contribution in [1.82, 2.24) is 5.48 Å². The van der Waals surface area contributed by atoms with Crippen LogP contribution in [0, 0.1) is 0 Å². The third-order valence-electron chi connectivity index (χ3n) is 1.23. The van der Waals surface area contributed by atoms with Gasteiger partial charge in [0.2, 0.25) is 0 Å².